The average molecular weight is 644 g/mol. The fraction of sp³-hybridized carbons (Fsp3) is 0.314. The maximum Gasteiger partial charge on any atom is 0.338 e. The Labute approximate surface area is 270 Å². The van der Waals surface area contributed by atoms with Crippen LogP contribution in [0.5, 0.6) is 11.5 Å². The smallest absolute Gasteiger partial charge is 0.338 e. The monoisotopic (exact) mass is 643 g/mol. The van der Waals surface area contributed by atoms with Crippen LogP contribution in [0.1, 0.15) is 65.2 Å². The van der Waals surface area contributed by atoms with Crippen LogP contribution >= 0.6 is 11.3 Å². The Morgan fingerprint density at radius 3 is 2.41 bits per heavy atom. The quantitative estimate of drug-likeness (QED) is 0.243. The van der Waals surface area contributed by atoms with E-state index in [4.69, 9.17) is 23.9 Å². The molecule has 0 spiro atoms. The standard InChI is InChI=1S/C35H37N3O7S/c1-9-44-28-17-23(14-15-27(28)42-7)31-30(34(41)45-10-2)21(5)36-35-38(31)32(39)29(46-35)18-24-16-19(3)37(22(24)6)26-13-11-12-25(20(26)4)33(40)43-8/h11-18,31H,9-10H2,1-8H3/b29-18+/t31-/m1/s1. The number of hydrogen-bond acceptors (Lipinski definition) is 9. The Kier molecular flexibility index (Phi) is 9.34. The maximum atomic E-state index is 14.2. The number of benzene rings is 2. The summed E-state index contributed by atoms with van der Waals surface area (Å²) in [4.78, 5) is 45.1. The third-order valence-electron chi connectivity index (χ3n) is 8.03. The minimum absolute atomic E-state index is 0.178. The second-order valence-electron chi connectivity index (χ2n) is 10.7. The molecule has 0 unspecified atom stereocenters. The summed E-state index contributed by atoms with van der Waals surface area (Å²) in [5.74, 6) is 0.103. The van der Waals surface area contributed by atoms with E-state index in [1.165, 1.54) is 18.4 Å². The molecule has 5 rings (SSSR count). The fourth-order valence-electron chi connectivity index (χ4n) is 5.88. The Morgan fingerprint density at radius 2 is 1.74 bits per heavy atom. The largest absolute Gasteiger partial charge is 0.493 e. The minimum atomic E-state index is -0.793. The highest BCUT2D eigenvalue weighted by Gasteiger charge is 2.34. The Balaban J connectivity index is 1.70. The number of ether oxygens (including phenoxy) is 4. The molecule has 2 aromatic carbocycles. The van der Waals surface area contributed by atoms with Gasteiger partial charge in [-0.25, -0.2) is 14.6 Å². The summed E-state index contributed by atoms with van der Waals surface area (Å²) in [7, 11) is 2.92. The van der Waals surface area contributed by atoms with E-state index in [0.717, 1.165) is 28.2 Å². The van der Waals surface area contributed by atoms with Crippen LogP contribution < -0.4 is 24.4 Å². The van der Waals surface area contributed by atoms with Crippen molar-refractivity contribution < 1.29 is 28.5 Å². The molecular weight excluding hydrogens is 606 g/mol. The van der Waals surface area contributed by atoms with Gasteiger partial charge in [0.15, 0.2) is 16.3 Å². The molecule has 1 atom stereocenters. The van der Waals surface area contributed by atoms with Gasteiger partial charge in [0.25, 0.3) is 5.56 Å². The van der Waals surface area contributed by atoms with Gasteiger partial charge in [-0.15, -0.1) is 0 Å². The van der Waals surface area contributed by atoms with E-state index in [0.29, 0.717) is 44.3 Å². The van der Waals surface area contributed by atoms with Crippen molar-refractivity contribution in [3.63, 3.8) is 0 Å². The summed E-state index contributed by atoms with van der Waals surface area (Å²) < 4.78 is 25.8. The van der Waals surface area contributed by atoms with E-state index in [1.54, 1.807) is 43.7 Å². The minimum Gasteiger partial charge on any atom is -0.493 e. The van der Waals surface area contributed by atoms with Crippen molar-refractivity contribution >= 4 is 29.4 Å². The fourth-order valence-corrected chi connectivity index (χ4v) is 6.92. The number of aryl methyl sites for hydroxylation is 1. The summed E-state index contributed by atoms with van der Waals surface area (Å²) in [5.41, 5.74) is 5.92. The molecule has 0 saturated heterocycles. The lowest BCUT2D eigenvalue weighted by Gasteiger charge is -2.25. The number of fused-ring (bicyclic) bond motifs is 1. The molecule has 0 bridgehead atoms. The Morgan fingerprint density at radius 1 is 0.978 bits per heavy atom. The summed E-state index contributed by atoms with van der Waals surface area (Å²) in [5, 5.41) is 0. The van der Waals surface area contributed by atoms with Crippen LogP contribution in [0.2, 0.25) is 0 Å². The molecule has 4 aromatic rings. The van der Waals surface area contributed by atoms with Crippen molar-refractivity contribution in [1.29, 1.82) is 0 Å². The normalized spacial score (nSPS) is 14.5. The van der Waals surface area contributed by atoms with Gasteiger partial charge in [-0.1, -0.05) is 23.5 Å². The molecule has 240 valence electrons. The molecular formula is C35H37N3O7S. The van der Waals surface area contributed by atoms with Crippen molar-refractivity contribution in [3.8, 4) is 17.2 Å². The van der Waals surface area contributed by atoms with E-state index >= 15 is 0 Å². The van der Waals surface area contributed by atoms with Crippen LogP contribution in [-0.2, 0) is 14.3 Å². The van der Waals surface area contributed by atoms with E-state index in [9.17, 15) is 14.4 Å². The van der Waals surface area contributed by atoms with Gasteiger partial charge < -0.3 is 23.5 Å². The number of carbonyl (C=O) groups excluding carboxylic acids is 2. The number of thiazole rings is 1. The molecule has 0 N–H and O–H groups in total. The van der Waals surface area contributed by atoms with E-state index in [1.807, 2.05) is 58.0 Å². The Bertz CT molecular complexity index is 2070. The van der Waals surface area contributed by atoms with Crippen LogP contribution in [0.25, 0.3) is 11.8 Å². The highest BCUT2D eigenvalue weighted by molar-refractivity contribution is 7.07. The molecule has 46 heavy (non-hydrogen) atoms. The summed E-state index contributed by atoms with van der Waals surface area (Å²) >= 11 is 1.26. The molecule has 10 nitrogen and oxygen atoms in total. The molecule has 0 amide bonds. The number of esters is 2. The zero-order valence-electron chi connectivity index (χ0n) is 27.2. The van der Waals surface area contributed by atoms with Crippen LogP contribution in [0.3, 0.4) is 0 Å². The summed E-state index contributed by atoms with van der Waals surface area (Å²) in [6, 6.07) is 12.1. The van der Waals surface area contributed by atoms with Crippen LogP contribution in [0.15, 0.2) is 63.5 Å². The average Bonchev–Trinajstić information content (AvgIpc) is 3.49. The van der Waals surface area contributed by atoms with Gasteiger partial charge in [-0.3, -0.25) is 9.36 Å². The summed E-state index contributed by atoms with van der Waals surface area (Å²) in [6.45, 7) is 11.8. The molecule has 3 heterocycles. The third kappa shape index (κ3) is 5.66. The van der Waals surface area contributed by atoms with Gasteiger partial charge in [0.1, 0.15) is 0 Å². The first kappa shape index (κ1) is 32.5. The number of methoxy groups -OCH3 is 2. The molecule has 0 aliphatic carbocycles. The highest BCUT2D eigenvalue weighted by Crippen LogP contribution is 2.36. The van der Waals surface area contributed by atoms with Gasteiger partial charge >= 0.3 is 11.9 Å². The zero-order chi connectivity index (χ0) is 33.3. The number of rotatable bonds is 9. The summed E-state index contributed by atoms with van der Waals surface area (Å²) in [6.07, 6.45) is 1.85. The van der Waals surface area contributed by atoms with Crippen LogP contribution in [0, 0.1) is 20.8 Å². The molecule has 11 heteroatoms. The maximum absolute atomic E-state index is 14.2. The molecule has 2 aromatic heterocycles. The first-order chi connectivity index (χ1) is 22.1. The predicted octanol–water partition coefficient (Wildman–Crippen LogP) is 4.71. The number of carbonyl (C=O) groups is 2. The third-order valence-corrected chi connectivity index (χ3v) is 9.01. The number of allylic oxidation sites excluding steroid dienone is 1. The van der Waals surface area contributed by atoms with Crippen molar-refractivity contribution in [2.75, 3.05) is 27.4 Å². The van der Waals surface area contributed by atoms with Gasteiger partial charge in [0.05, 0.1) is 54.8 Å². The zero-order valence-corrected chi connectivity index (χ0v) is 28.0. The van der Waals surface area contributed by atoms with E-state index in [2.05, 4.69) is 4.57 Å². The second kappa shape index (κ2) is 13.2. The van der Waals surface area contributed by atoms with Crippen molar-refractivity contribution in [3.05, 3.63) is 107 Å². The molecule has 1 aliphatic heterocycles. The molecule has 0 saturated carbocycles. The lowest BCUT2D eigenvalue weighted by molar-refractivity contribution is -0.139. The van der Waals surface area contributed by atoms with Crippen molar-refractivity contribution in [1.82, 2.24) is 9.13 Å². The van der Waals surface area contributed by atoms with Crippen LogP contribution in [-0.4, -0.2) is 48.5 Å². The predicted molar refractivity (Wildman–Crippen MR) is 176 cm³/mol. The number of nitrogens with zero attached hydrogens (tertiary/aromatic N) is 3. The van der Waals surface area contributed by atoms with Crippen molar-refractivity contribution in [2.45, 2.75) is 47.6 Å². The first-order valence-corrected chi connectivity index (χ1v) is 15.7. The molecule has 0 fully saturated rings. The van der Waals surface area contributed by atoms with Gasteiger partial charge in [-0.05, 0) is 94.6 Å². The lowest BCUT2D eigenvalue weighted by atomic mass is 9.95. The number of aromatic nitrogens is 2. The van der Waals surface area contributed by atoms with Gasteiger partial charge in [0.2, 0.25) is 0 Å². The van der Waals surface area contributed by atoms with E-state index < -0.39 is 18.0 Å². The lowest BCUT2D eigenvalue weighted by Crippen LogP contribution is -2.40. The number of hydrogen-bond donors (Lipinski definition) is 0. The SMILES string of the molecule is CCOC(=O)C1=C(C)N=c2s/c(=C/c3cc(C)n(-c4cccc(C(=O)OC)c4C)c3C)c(=O)n2[C@@H]1c1ccc(OC)c(OCC)c1. The van der Waals surface area contributed by atoms with Crippen molar-refractivity contribution in [2.24, 2.45) is 4.99 Å². The van der Waals surface area contributed by atoms with Crippen LogP contribution in [0.4, 0.5) is 0 Å². The van der Waals surface area contributed by atoms with Gasteiger partial charge in [-0.2, -0.15) is 0 Å². The Hall–Kier alpha value is -4.90. The topological polar surface area (TPSA) is 110 Å². The molecule has 0 radical (unpaired) electrons. The van der Waals surface area contributed by atoms with Gasteiger partial charge in [0, 0.05) is 17.1 Å². The first-order valence-electron chi connectivity index (χ1n) is 14.9. The highest BCUT2D eigenvalue weighted by atomic mass is 32.1. The van der Waals surface area contributed by atoms with E-state index in [-0.39, 0.29) is 17.7 Å². The second-order valence-corrected chi connectivity index (χ2v) is 11.8. The molecule has 1 aliphatic rings.